The molecule has 3 heterocycles. The van der Waals surface area contributed by atoms with Crippen molar-refractivity contribution in [3.05, 3.63) is 75.5 Å². The molecule has 0 amide bonds. The van der Waals surface area contributed by atoms with Gasteiger partial charge in [0, 0.05) is 35.3 Å². The van der Waals surface area contributed by atoms with Gasteiger partial charge in [-0.15, -0.1) is 0 Å². The standard InChI is InChI=1S/C23H18ClF5N4O4/c1-37-22(36)17-15(8-33-9-23(28,29)6-16(33)21(34)35)31-20(19-14(27)5-11(26)7-30-19)32-18(17)12-3-2-10(25)4-13(12)24/h2-5,7,16,18H,6,8-9H2,1H3,(H,31,32)(H,34,35). The molecule has 1 fully saturated rings. The van der Waals surface area contributed by atoms with Gasteiger partial charge in [0.1, 0.15) is 29.4 Å². The SMILES string of the molecule is COC(=O)C1=C(CN2CC(F)(F)CC2C(=O)O)NC(c2ncc(F)cc2F)=NC1c1ccc(F)cc1Cl. The summed E-state index contributed by atoms with van der Waals surface area (Å²) in [5.41, 5.74) is -0.824. The largest absolute Gasteiger partial charge is 0.480 e. The first-order valence-corrected chi connectivity index (χ1v) is 11.0. The van der Waals surface area contributed by atoms with Crippen LogP contribution in [0, 0.1) is 17.5 Å². The molecule has 1 aromatic heterocycles. The number of pyridine rings is 1. The number of rotatable bonds is 6. The van der Waals surface area contributed by atoms with Crippen LogP contribution >= 0.6 is 11.6 Å². The van der Waals surface area contributed by atoms with E-state index in [-0.39, 0.29) is 27.7 Å². The van der Waals surface area contributed by atoms with Gasteiger partial charge >= 0.3 is 11.9 Å². The fourth-order valence-corrected chi connectivity index (χ4v) is 4.50. The second kappa shape index (κ2) is 10.1. The van der Waals surface area contributed by atoms with E-state index in [9.17, 15) is 36.6 Å². The van der Waals surface area contributed by atoms with E-state index in [4.69, 9.17) is 16.3 Å². The third kappa shape index (κ3) is 5.42. The minimum atomic E-state index is -3.33. The van der Waals surface area contributed by atoms with Crippen LogP contribution in [0.4, 0.5) is 22.0 Å². The molecule has 2 aliphatic heterocycles. The summed E-state index contributed by atoms with van der Waals surface area (Å²) < 4.78 is 75.0. The van der Waals surface area contributed by atoms with Gasteiger partial charge < -0.3 is 15.2 Å². The molecule has 2 unspecified atom stereocenters. The van der Waals surface area contributed by atoms with Crippen LogP contribution in [0.25, 0.3) is 0 Å². The van der Waals surface area contributed by atoms with Crippen molar-refractivity contribution < 1.29 is 41.4 Å². The number of nitrogens with one attached hydrogen (secondary N) is 1. The maximum Gasteiger partial charge on any atom is 0.338 e. The van der Waals surface area contributed by atoms with Gasteiger partial charge in [0.2, 0.25) is 0 Å². The van der Waals surface area contributed by atoms with Crippen molar-refractivity contribution in [1.29, 1.82) is 0 Å². The second-order valence-electron chi connectivity index (χ2n) is 8.36. The van der Waals surface area contributed by atoms with E-state index in [1.807, 2.05) is 0 Å². The van der Waals surface area contributed by atoms with Gasteiger partial charge in [-0.1, -0.05) is 17.7 Å². The summed E-state index contributed by atoms with van der Waals surface area (Å²) in [4.78, 5) is 33.4. The average Bonchev–Trinajstić information content (AvgIpc) is 3.12. The molecule has 1 aromatic carbocycles. The summed E-state index contributed by atoms with van der Waals surface area (Å²) in [6.45, 7) is -1.49. The first kappa shape index (κ1) is 26.5. The molecule has 14 heteroatoms. The molecule has 2 N–H and O–H groups in total. The number of nitrogens with zero attached hydrogens (tertiary/aromatic N) is 3. The maximum absolute atomic E-state index is 14.6. The zero-order valence-electron chi connectivity index (χ0n) is 18.9. The fourth-order valence-electron chi connectivity index (χ4n) is 4.22. The molecule has 0 saturated carbocycles. The Kier molecular flexibility index (Phi) is 7.20. The first-order chi connectivity index (χ1) is 17.4. The molecular formula is C23H18ClF5N4O4. The van der Waals surface area contributed by atoms with Crippen LogP contribution in [0.5, 0.6) is 0 Å². The molecule has 0 aliphatic carbocycles. The smallest absolute Gasteiger partial charge is 0.338 e. The van der Waals surface area contributed by atoms with Gasteiger partial charge in [0.05, 0.1) is 25.4 Å². The van der Waals surface area contributed by atoms with Crippen molar-refractivity contribution >= 4 is 29.4 Å². The molecule has 2 atom stereocenters. The molecule has 4 rings (SSSR count). The van der Waals surface area contributed by atoms with Gasteiger partial charge in [-0.25, -0.2) is 31.7 Å². The normalized spacial score (nSPS) is 21.4. The zero-order valence-corrected chi connectivity index (χ0v) is 19.7. The molecule has 196 valence electrons. The van der Waals surface area contributed by atoms with Crippen molar-refractivity contribution in [3.63, 3.8) is 0 Å². The number of likely N-dealkylation sites (tertiary alicyclic amines) is 1. The van der Waals surface area contributed by atoms with Crippen molar-refractivity contribution in [2.45, 2.75) is 24.4 Å². The number of aliphatic imine (C=N–C) groups is 1. The Hall–Kier alpha value is -3.58. The van der Waals surface area contributed by atoms with Crippen LogP contribution in [-0.4, -0.2) is 64.9 Å². The third-order valence-electron chi connectivity index (χ3n) is 5.83. The highest BCUT2D eigenvalue weighted by Crippen LogP contribution is 2.38. The van der Waals surface area contributed by atoms with Crippen molar-refractivity contribution in [2.75, 3.05) is 20.2 Å². The number of carboxylic acid groups (broad SMARTS) is 1. The quantitative estimate of drug-likeness (QED) is 0.424. The Labute approximate surface area is 211 Å². The number of aliphatic carboxylic acids is 1. The summed E-state index contributed by atoms with van der Waals surface area (Å²) in [5.74, 6) is -8.97. The third-order valence-corrected chi connectivity index (χ3v) is 6.16. The van der Waals surface area contributed by atoms with E-state index in [1.54, 1.807) is 0 Å². The average molecular weight is 545 g/mol. The molecule has 2 aliphatic rings. The zero-order chi connectivity index (χ0) is 27.1. The summed E-state index contributed by atoms with van der Waals surface area (Å²) in [5, 5.41) is 12.0. The number of esters is 1. The molecule has 0 bridgehead atoms. The summed E-state index contributed by atoms with van der Waals surface area (Å²) >= 11 is 6.21. The van der Waals surface area contributed by atoms with Gasteiger partial charge in [0.15, 0.2) is 11.7 Å². The number of alkyl halides is 2. The van der Waals surface area contributed by atoms with Crippen LogP contribution in [0.2, 0.25) is 5.02 Å². The van der Waals surface area contributed by atoms with Crippen LogP contribution in [0.3, 0.4) is 0 Å². The fraction of sp³-hybridized carbons (Fsp3) is 0.304. The lowest BCUT2D eigenvalue weighted by molar-refractivity contribution is -0.142. The number of carbonyl (C=O) groups excluding carboxylic acids is 1. The van der Waals surface area contributed by atoms with E-state index in [2.05, 4.69) is 15.3 Å². The van der Waals surface area contributed by atoms with Crippen LogP contribution in [0.15, 0.2) is 46.7 Å². The number of methoxy groups -OCH3 is 1. The first-order valence-electron chi connectivity index (χ1n) is 10.7. The number of hydrogen-bond donors (Lipinski definition) is 2. The molecule has 0 spiro atoms. The molecule has 8 nitrogen and oxygen atoms in total. The van der Waals surface area contributed by atoms with Gasteiger partial charge in [0.25, 0.3) is 5.92 Å². The number of halogens is 6. The van der Waals surface area contributed by atoms with Gasteiger partial charge in [-0.05, 0) is 12.1 Å². The lowest BCUT2D eigenvalue weighted by atomic mass is 9.94. The monoisotopic (exact) mass is 544 g/mol. The van der Waals surface area contributed by atoms with Crippen LogP contribution < -0.4 is 5.32 Å². The number of amidine groups is 1. The lowest BCUT2D eigenvalue weighted by Crippen LogP contribution is -2.43. The lowest BCUT2D eigenvalue weighted by Gasteiger charge is -2.30. The number of carboxylic acids is 1. The Morgan fingerprint density at radius 2 is 1.97 bits per heavy atom. The minimum absolute atomic E-state index is 0.0732. The van der Waals surface area contributed by atoms with Crippen molar-refractivity contribution in [1.82, 2.24) is 15.2 Å². The van der Waals surface area contributed by atoms with E-state index in [1.165, 1.54) is 6.07 Å². The summed E-state index contributed by atoms with van der Waals surface area (Å²) in [7, 11) is 1.04. The Morgan fingerprint density at radius 1 is 1.24 bits per heavy atom. The summed E-state index contributed by atoms with van der Waals surface area (Å²) in [6, 6.07) is 0.760. The van der Waals surface area contributed by atoms with E-state index >= 15 is 0 Å². The number of benzene rings is 1. The predicted molar refractivity (Wildman–Crippen MR) is 120 cm³/mol. The Bertz CT molecular complexity index is 1340. The number of ether oxygens (including phenoxy) is 1. The highest BCUT2D eigenvalue weighted by molar-refractivity contribution is 6.31. The minimum Gasteiger partial charge on any atom is -0.480 e. The van der Waals surface area contributed by atoms with Crippen molar-refractivity contribution in [2.24, 2.45) is 4.99 Å². The highest BCUT2D eigenvalue weighted by atomic mass is 35.5. The molecule has 2 aromatic rings. The number of carbonyl (C=O) groups is 2. The number of aromatic nitrogens is 1. The van der Waals surface area contributed by atoms with Gasteiger partial charge in [-0.3, -0.25) is 14.7 Å². The topological polar surface area (TPSA) is 104 Å². The molecule has 1 saturated heterocycles. The Morgan fingerprint density at radius 3 is 2.59 bits per heavy atom. The Balaban J connectivity index is 1.88. The van der Waals surface area contributed by atoms with Gasteiger partial charge in [-0.2, -0.15) is 0 Å². The highest BCUT2D eigenvalue weighted by Gasteiger charge is 2.49. The van der Waals surface area contributed by atoms with Crippen molar-refractivity contribution in [3.8, 4) is 0 Å². The number of hydrogen-bond acceptors (Lipinski definition) is 7. The summed E-state index contributed by atoms with van der Waals surface area (Å²) in [6.07, 6.45) is -0.255. The second-order valence-corrected chi connectivity index (χ2v) is 8.77. The van der Waals surface area contributed by atoms with E-state index < -0.39 is 72.6 Å². The molecule has 0 radical (unpaired) electrons. The molecular weight excluding hydrogens is 527 g/mol. The molecule has 37 heavy (non-hydrogen) atoms. The maximum atomic E-state index is 14.6. The van der Waals surface area contributed by atoms with E-state index in [0.717, 1.165) is 24.1 Å². The van der Waals surface area contributed by atoms with Crippen LogP contribution in [-0.2, 0) is 14.3 Å². The van der Waals surface area contributed by atoms with Crippen LogP contribution in [0.1, 0.15) is 23.7 Å². The predicted octanol–water partition coefficient (Wildman–Crippen LogP) is 3.46. The van der Waals surface area contributed by atoms with E-state index in [0.29, 0.717) is 12.3 Å².